The normalized spacial score (nSPS) is 14.8. The fourth-order valence-electron chi connectivity index (χ4n) is 4.29. The highest BCUT2D eigenvalue weighted by Crippen LogP contribution is 2.48. The van der Waals surface area contributed by atoms with Gasteiger partial charge in [-0.25, -0.2) is 13.4 Å². The van der Waals surface area contributed by atoms with Gasteiger partial charge in [0.05, 0.1) is 17.0 Å². The van der Waals surface area contributed by atoms with E-state index in [-0.39, 0.29) is 6.54 Å². The second-order valence-electron chi connectivity index (χ2n) is 8.32. The molecule has 0 unspecified atom stereocenters. The molecule has 1 N–H and O–H groups in total. The van der Waals surface area contributed by atoms with Gasteiger partial charge in [0.1, 0.15) is 12.1 Å². The number of sulfonamides is 1. The standard InChI is InChI=1S/C26H19N3O4S2/c1-35(31,32)28-23(30)15-29-20-12-17-7-2-3-8-18(17)13-22(20)34-25(29)14-24-27-26-19-9-5-4-6-16(19)10-11-21(26)33-24/h2-14H,15H2,1H3,(H,28,30)/b25-14-. The molecule has 0 fully saturated rings. The molecule has 5 aromatic rings. The molecule has 9 heteroatoms. The maximum atomic E-state index is 12.6. The van der Waals surface area contributed by atoms with Crippen LogP contribution in [0.4, 0.5) is 5.69 Å². The van der Waals surface area contributed by atoms with E-state index in [4.69, 9.17) is 9.40 Å². The number of carbonyl (C=O) groups is 1. The first-order valence-electron chi connectivity index (χ1n) is 10.8. The first-order chi connectivity index (χ1) is 16.8. The molecule has 0 aliphatic carbocycles. The molecule has 2 heterocycles. The van der Waals surface area contributed by atoms with E-state index in [0.29, 0.717) is 11.5 Å². The molecule has 4 aromatic carbocycles. The maximum Gasteiger partial charge on any atom is 0.253 e. The van der Waals surface area contributed by atoms with E-state index in [1.54, 1.807) is 11.0 Å². The number of rotatable bonds is 4. The highest BCUT2D eigenvalue weighted by molar-refractivity contribution is 8.04. The van der Waals surface area contributed by atoms with Crippen molar-refractivity contribution in [1.29, 1.82) is 0 Å². The zero-order valence-corrected chi connectivity index (χ0v) is 20.2. The fourth-order valence-corrected chi connectivity index (χ4v) is 5.88. The van der Waals surface area contributed by atoms with Crippen LogP contribution in [0.2, 0.25) is 0 Å². The van der Waals surface area contributed by atoms with Crippen LogP contribution in [0.15, 0.2) is 87.1 Å². The van der Waals surface area contributed by atoms with Crippen molar-refractivity contribution in [2.75, 3.05) is 17.7 Å². The number of nitrogens with zero attached hydrogens (tertiary/aromatic N) is 2. The number of carbonyl (C=O) groups excluding carboxylic acids is 1. The molecule has 35 heavy (non-hydrogen) atoms. The summed E-state index contributed by atoms with van der Waals surface area (Å²) in [4.78, 5) is 20.0. The number of hydrogen-bond donors (Lipinski definition) is 1. The Hall–Kier alpha value is -3.82. The summed E-state index contributed by atoms with van der Waals surface area (Å²) in [6.45, 7) is -0.166. The minimum absolute atomic E-state index is 0.166. The van der Waals surface area contributed by atoms with E-state index in [1.165, 1.54) is 11.8 Å². The van der Waals surface area contributed by atoms with Gasteiger partial charge in [0.25, 0.3) is 5.91 Å². The van der Waals surface area contributed by atoms with Gasteiger partial charge < -0.3 is 9.32 Å². The molecular weight excluding hydrogens is 482 g/mol. The van der Waals surface area contributed by atoms with Crippen molar-refractivity contribution < 1.29 is 17.6 Å². The van der Waals surface area contributed by atoms with Gasteiger partial charge in [-0.3, -0.25) is 9.52 Å². The second kappa shape index (κ2) is 8.14. The highest BCUT2D eigenvalue weighted by Gasteiger charge is 2.29. The summed E-state index contributed by atoms with van der Waals surface area (Å²) >= 11 is 1.49. The van der Waals surface area contributed by atoms with Gasteiger partial charge in [-0.2, -0.15) is 0 Å². The summed E-state index contributed by atoms with van der Waals surface area (Å²) < 4.78 is 31.3. The molecule has 1 aliphatic rings. The Morgan fingerprint density at radius 2 is 1.74 bits per heavy atom. The Kier molecular flexibility index (Phi) is 5.05. The first-order valence-corrected chi connectivity index (χ1v) is 13.5. The van der Waals surface area contributed by atoms with E-state index >= 15 is 0 Å². The maximum absolute atomic E-state index is 12.6. The van der Waals surface area contributed by atoms with Crippen LogP contribution in [0, 0.1) is 0 Å². The Morgan fingerprint density at radius 3 is 2.51 bits per heavy atom. The van der Waals surface area contributed by atoms with Crippen molar-refractivity contribution in [3.8, 4) is 0 Å². The molecule has 1 aliphatic heterocycles. The van der Waals surface area contributed by atoms with E-state index in [1.807, 2.05) is 66.7 Å². The SMILES string of the molecule is CS(=O)(=O)NC(=O)CN1/C(=C/c2nc3c(ccc4ccccc43)o2)Sc2cc3ccccc3cc21. The van der Waals surface area contributed by atoms with Crippen LogP contribution in [-0.2, 0) is 14.8 Å². The van der Waals surface area contributed by atoms with Crippen molar-refractivity contribution in [2.24, 2.45) is 0 Å². The van der Waals surface area contributed by atoms with E-state index in [0.717, 1.165) is 48.9 Å². The van der Waals surface area contributed by atoms with Gasteiger partial charge in [-0.05, 0) is 34.4 Å². The molecular formula is C26H19N3O4S2. The monoisotopic (exact) mass is 501 g/mol. The van der Waals surface area contributed by atoms with E-state index in [9.17, 15) is 13.2 Å². The van der Waals surface area contributed by atoms with Crippen molar-refractivity contribution in [3.05, 3.63) is 83.7 Å². The van der Waals surface area contributed by atoms with Crippen LogP contribution >= 0.6 is 11.8 Å². The summed E-state index contributed by atoms with van der Waals surface area (Å²) in [7, 11) is -3.67. The lowest BCUT2D eigenvalue weighted by Crippen LogP contribution is -2.38. The van der Waals surface area contributed by atoms with Gasteiger partial charge in [0.2, 0.25) is 15.9 Å². The van der Waals surface area contributed by atoms with Crippen molar-refractivity contribution >= 4 is 72.1 Å². The molecule has 0 saturated heterocycles. The number of fused-ring (bicyclic) bond motifs is 5. The third-order valence-corrected chi connectivity index (χ3v) is 7.44. The highest BCUT2D eigenvalue weighted by atomic mass is 32.2. The summed E-state index contributed by atoms with van der Waals surface area (Å²) in [5, 5.41) is 4.89. The molecule has 7 nitrogen and oxygen atoms in total. The molecule has 0 radical (unpaired) electrons. The minimum Gasteiger partial charge on any atom is -0.437 e. The number of aromatic nitrogens is 1. The quantitative estimate of drug-likeness (QED) is 0.365. The lowest BCUT2D eigenvalue weighted by atomic mass is 10.1. The summed E-state index contributed by atoms with van der Waals surface area (Å²) in [6.07, 6.45) is 2.75. The van der Waals surface area contributed by atoms with Crippen molar-refractivity contribution in [1.82, 2.24) is 9.71 Å². The largest absolute Gasteiger partial charge is 0.437 e. The number of nitrogens with one attached hydrogen (secondary N) is 1. The number of anilines is 1. The number of amides is 1. The first kappa shape index (κ1) is 21.7. The predicted octanol–water partition coefficient (Wildman–Crippen LogP) is 5.12. The average molecular weight is 502 g/mol. The summed E-state index contributed by atoms with van der Waals surface area (Å²) in [6, 6.07) is 23.9. The Morgan fingerprint density at radius 1 is 1.03 bits per heavy atom. The van der Waals surface area contributed by atoms with Crippen molar-refractivity contribution in [3.63, 3.8) is 0 Å². The molecule has 174 valence electrons. The summed E-state index contributed by atoms with van der Waals surface area (Å²) in [5.74, 6) is -0.215. The lowest BCUT2D eigenvalue weighted by molar-refractivity contribution is -0.117. The number of thioether (sulfide) groups is 1. The van der Waals surface area contributed by atoms with Crippen molar-refractivity contribution in [2.45, 2.75) is 4.90 Å². The molecule has 0 spiro atoms. The van der Waals surface area contributed by atoms with Crippen LogP contribution in [0.3, 0.4) is 0 Å². The Bertz CT molecular complexity index is 1790. The molecule has 0 saturated carbocycles. The van der Waals surface area contributed by atoms with Crippen LogP contribution in [0.5, 0.6) is 0 Å². The Balaban J connectivity index is 1.45. The zero-order valence-electron chi connectivity index (χ0n) is 18.6. The van der Waals surface area contributed by atoms with Crippen LogP contribution in [-0.4, -0.2) is 32.1 Å². The van der Waals surface area contributed by atoms with Gasteiger partial charge >= 0.3 is 0 Å². The number of hydrogen-bond acceptors (Lipinski definition) is 7. The molecule has 6 rings (SSSR count). The van der Waals surface area contributed by atoms with Crippen LogP contribution in [0.1, 0.15) is 5.89 Å². The molecule has 1 aromatic heterocycles. The van der Waals surface area contributed by atoms with E-state index in [2.05, 4.69) is 10.8 Å². The van der Waals surface area contributed by atoms with Gasteiger partial charge in [-0.15, -0.1) is 0 Å². The minimum atomic E-state index is -3.67. The van der Waals surface area contributed by atoms with Gasteiger partial charge in [0.15, 0.2) is 5.58 Å². The Labute approximate surface area is 205 Å². The number of benzene rings is 4. The molecule has 0 bridgehead atoms. The predicted molar refractivity (Wildman–Crippen MR) is 140 cm³/mol. The smallest absolute Gasteiger partial charge is 0.253 e. The van der Waals surface area contributed by atoms with Crippen LogP contribution < -0.4 is 9.62 Å². The fraction of sp³-hybridized carbons (Fsp3) is 0.0769. The summed E-state index contributed by atoms with van der Waals surface area (Å²) in [5.41, 5.74) is 2.26. The van der Waals surface area contributed by atoms with E-state index < -0.39 is 15.9 Å². The van der Waals surface area contributed by atoms with Gasteiger partial charge in [-0.1, -0.05) is 66.4 Å². The number of oxazole rings is 1. The third-order valence-electron chi connectivity index (χ3n) is 5.75. The molecule has 1 amide bonds. The second-order valence-corrected chi connectivity index (χ2v) is 11.1. The topological polar surface area (TPSA) is 92.5 Å². The van der Waals surface area contributed by atoms with Crippen LogP contribution in [0.25, 0.3) is 38.7 Å². The third kappa shape index (κ3) is 4.13. The molecule has 0 atom stereocenters. The van der Waals surface area contributed by atoms with Gasteiger partial charge in [0, 0.05) is 16.4 Å². The zero-order chi connectivity index (χ0) is 24.2. The average Bonchev–Trinajstić information content (AvgIpc) is 3.37. The lowest BCUT2D eigenvalue weighted by Gasteiger charge is -2.19.